The van der Waals surface area contributed by atoms with Crippen molar-refractivity contribution in [2.45, 2.75) is 19.4 Å². The van der Waals surface area contributed by atoms with Crippen molar-refractivity contribution in [2.24, 2.45) is 0 Å². The van der Waals surface area contributed by atoms with Gasteiger partial charge in [0.1, 0.15) is 11.6 Å². The molecule has 0 radical (unpaired) electrons. The zero-order valence-corrected chi connectivity index (χ0v) is 13.6. The summed E-state index contributed by atoms with van der Waals surface area (Å²) < 4.78 is 26.5. The molecular formula is C18H17F2N3O2. The van der Waals surface area contributed by atoms with E-state index in [1.165, 1.54) is 4.90 Å². The number of hydrogen-bond acceptors (Lipinski definition) is 3. The second-order valence-electron chi connectivity index (χ2n) is 5.89. The lowest BCUT2D eigenvalue weighted by Gasteiger charge is -2.28. The molecule has 1 aliphatic rings. The number of carbonyl (C=O) groups is 2. The third-order valence-electron chi connectivity index (χ3n) is 3.93. The minimum Gasteiger partial charge on any atom is -0.376 e. The molecule has 2 amide bonds. The molecule has 2 aromatic rings. The van der Waals surface area contributed by atoms with Crippen LogP contribution in [0.2, 0.25) is 0 Å². The average molecular weight is 345 g/mol. The Morgan fingerprint density at radius 2 is 1.92 bits per heavy atom. The first-order chi connectivity index (χ1) is 11.9. The Morgan fingerprint density at radius 1 is 1.24 bits per heavy atom. The summed E-state index contributed by atoms with van der Waals surface area (Å²) in [5.74, 6) is -1.92. The molecule has 130 valence electrons. The van der Waals surface area contributed by atoms with Crippen LogP contribution in [0, 0.1) is 11.6 Å². The predicted molar refractivity (Wildman–Crippen MR) is 91.5 cm³/mol. The molecule has 0 unspecified atom stereocenters. The fraction of sp³-hybridized carbons (Fsp3) is 0.222. The van der Waals surface area contributed by atoms with Crippen LogP contribution >= 0.6 is 0 Å². The summed E-state index contributed by atoms with van der Waals surface area (Å²) in [6, 6.07) is 9.66. The zero-order chi connectivity index (χ0) is 18.0. The summed E-state index contributed by atoms with van der Waals surface area (Å²) in [7, 11) is 0. The van der Waals surface area contributed by atoms with Crippen LogP contribution in [-0.4, -0.2) is 24.4 Å². The highest BCUT2D eigenvalue weighted by atomic mass is 19.1. The van der Waals surface area contributed by atoms with Crippen molar-refractivity contribution in [3.63, 3.8) is 0 Å². The summed E-state index contributed by atoms with van der Waals surface area (Å²) in [5.41, 5.74) is 1.33. The van der Waals surface area contributed by atoms with E-state index < -0.39 is 11.6 Å². The van der Waals surface area contributed by atoms with Gasteiger partial charge in [0, 0.05) is 24.2 Å². The van der Waals surface area contributed by atoms with Crippen LogP contribution in [0.3, 0.4) is 0 Å². The summed E-state index contributed by atoms with van der Waals surface area (Å²) in [5, 5.41) is 5.50. The molecule has 0 aliphatic carbocycles. The van der Waals surface area contributed by atoms with Gasteiger partial charge in [-0.15, -0.1) is 0 Å². The van der Waals surface area contributed by atoms with Gasteiger partial charge in [-0.3, -0.25) is 9.59 Å². The first kappa shape index (κ1) is 16.9. The monoisotopic (exact) mass is 345 g/mol. The molecule has 0 saturated heterocycles. The number of nitrogens with one attached hydrogen (secondary N) is 2. The maximum absolute atomic E-state index is 13.2. The lowest BCUT2D eigenvalue weighted by molar-refractivity contribution is -0.118. The van der Waals surface area contributed by atoms with Gasteiger partial charge in [0.15, 0.2) is 0 Å². The number of nitrogens with zero attached hydrogens (tertiary/aromatic N) is 1. The van der Waals surface area contributed by atoms with Crippen molar-refractivity contribution in [1.29, 1.82) is 0 Å². The van der Waals surface area contributed by atoms with Gasteiger partial charge in [0.05, 0.1) is 17.9 Å². The molecular weight excluding hydrogens is 328 g/mol. The molecule has 3 rings (SSSR count). The van der Waals surface area contributed by atoms with Crippen LogP contribution in [0.5, 0.6) is 0 Å². The predicted octanol–water partition coefficient (Wildman–Crippen LogP) is 3.14. The van der Waals surface area contributed by atoms with Crippen molar-refractivity contribution < 1.29 is 18.4 Å². The van der Waals surface area contributed by atoms with E-state index in [2.05, 4.69) is 10.6 Å². The quantitative estimate of drug-likeness (QED) is 0.898. The molecule has 5 nitrogen and oxygen atoms in total. The summed E-state index contributed by atoms with van der Waals surface area (Å²) in [6.07, 6.45) is 0.162. The van der Waals surface area contributed by atoms with Crippen molar-refractivity contribution in [3.05, 3.63) is 54.1 Å². The Labute approximate surface area is 143 Å². The van der Waals surface area contributed by atoms with E-state index in [1.807, 2.05) is 0 Å². The van der Waals surface area contributed by atoms with Crippen molar-refractivity contribution in [3.8, 4) is 0 Å². The lowest BCUT2D eigenvalue weighted by atomic mass is 10.1. The smallest absolute Gasteiger partial charge is 0.246 e. The molecule has 25 heavy (non-hydrogen) atoms. The van der Waals surface area contributed by atoms with Gasteiger partial charge in [-0.05, 0) is 31.2 Å². The second-order valence-corrected chi connectivity index (χ2v) is 5.89. The molecule has 0 bridgehead atoms. The van der Waals surface area contributed by atoms with Gasteiger partial charge in [-0.25, -0.2) is 8.78 Å². The van der Waals surface area contributed by atoms with Crippen molar-refractivity contribution in [1.82, 2.24) is 0 Å². The Bertz CT molecular complexity index is 805. The third-order valence-corrected chi connectivity index (χ3v) is 3.93. The van der Waals surface area contributed by atoms with E-state index >= 15 is 0 Å². The van der Waals surface area contributed by atoms with Gasteiger partial charge in [-0.1, -0.05) is 12.1 Å². The van der Waals surface area contributed by atoms with Gasteiger partial charge >= 0.3 is 0 Å². The first-order valence-corrected chi connectivity index (χ1v) is 7.85. The number of anilines is 3. The van der Waals surface area contributed by atoms with Crippen LogP contribution in [0.4, 0.5) is 25.8 Å². The first-order valence-electron chi connectivity index (χ1n) is 7.85. The zero-order valence-electron chi connectivity index (χ0n) is 13.6. The van der Waals surface area contributed by atoms with E-state index in [9.17, 15) is 18.4 Å². The third kappa shape index (κ3) is 3.76. The number of halogens is 2. The number of hydrogen-bond donors (Lipinski definition) is 2. The highest BCUT2D eigenvalue weighted by molar-refractivity contribution is 6.05. The minimum absolute atomic E-state index is 0.157. The van der Waals surface area contributed by atoms with Gasteiger partial charge < -0.3 is 15.5 Å². The largest absolute Gasteiger partial charge is 0.376 e. The van der Waals surface area contributed by atoms with Gasteiger partial charge in [0.2, 0.25) is 11.8 Å². The van der Waals surface area contributed by atoms with Crippen LogP contribution in [0.15, 0.2) is 42.5 Å². The Morgan fingerprint density at radius 3 is 2.64 bits per heavy atom. The molecule has 0 aromatic heterocycles. The lowest BCUT2D eigenvalue weighted by Crippen LogP contribution is -2.42. The number of rotatable bonds is 3. The minimum atomic E-state index is -0.724. The topological polar surface area (TPSA) is 61.4 Å². The van der Waals surface area contributed by atoms with Crippen LogP contribution in [-0.2, 0) is 9.59 Å². The molecule has 2 aromatic carbocycles. The molecule has 0 spiro atoms. The summed E-state index contributed by atoms with van der Waals surface area (Å²) in [4.78, 5) is 26.2. The molecule has 1 atom stereocenters. The SMILES string of the molecule is C[C@@H]1CC(=O)Nc2ccccc2N1C(=O)CNc1cc(F)cc(F)c1. The standard InChI is InChI=1S/C18H17F2N3O2/c1-11-6-17(24)22-15-4-2-3-5-16(15)23(11)18(25)10-21-14-8-12(19)7-13(20)9-14/h2-5,7-9,11,21H,6,10H2,1H3,(H,22,24)/t11-/m1/s1. The Hall–Kier alpha value is -2.96. The molecule has 7 heteroatoms. The molecule has 0 saturated carbocycles. The van der Waals surface area contributed by atoms with Gasteiger partial charge in [-0.2, -0.15) is 0 Å². The van der Waals surface area contributed by atoms with E-state index in [0.29, 0.717) is 11.4 Å². The van der Waals surface area contributed by atoms with Crippen LogP contribution < -0.4 is 15.5 Å². The van der Waals surface area contributed by atoms with E-state index in [1.54, 1.807) is 31.2 Å². The normalized spacial score (nSPS) is 16.7. The number of amides is 2. The number of benzene rings is 2. The number of para-hydroxylation sites is 2. The van der Waals surface area contributed by atoms with Crippen LogP contribution in [0.1, 0.15) is 13.3 Å². The number of fused-ring (bicyclic) bond motifs is 1. The Balaban J connectivity index is 1.81. The molecule has 0 fully saturated rings. The molecule has 2 N–H and O–H groups in total. The maximum atomic E-state index is 13.2. The average Bonchev–Trinajstić information content (AvgIpc) is 2.66. The number of carbonyl (C=O) groups excluding carboxylic acids is 2. The second kappa shape index (κ2) is 6.88. The van der Waals surface area contributed by atoms with E-state index in [-0.39, 0.29) is 36.5 Å². The van der Waals surface area contributed by atoms with Crippen molar-refractivity contribution >= 4 is 28.9 Å². The summed E-state index contributed by atoms with van der Waals surface area (Å²) in [6.45, 7) is 1.62. The van der Waals surface area contributed by atoms with Gasteiger partial charge in [0.25, 0.3) is 0 Å². The molecule has 1 aliphatic heterocycles. The van der Waals surface area contributed by atoms with E-state index in [0.717, 1.165) is 18.2 Å². The summed E-state index contributed by atoms with van der Waals surface area (Å²) >= 11 is 0. The van der Waals surface area contributed by atoms with E-state index in [4.69, 9.17) is 0 Å². The maximum Gasteiger partial charge on any atom is 0.246 e. The van der Waals surface area contributed by atoms with Crippen LogP contribution in [0.25, 0.3) is 0 Å². The van der Waals surface area contributed by atoms with Crippen molar-refractivity contribution in [2.75, 3.05) is 22.1 Å². The molecule has 1 heterocycles. The highest BCUT2D eigenvalue weighted by Crippen LogP contribution is 2.31. The Kier molecular flexibility index (Phi) is 4.65. The highest BCUT2D eigenvalue weighted by Gasteiger charge is 2.29. The fourth-order valence-corrected chi connectivity index (χ4v) is 2.89. The fourth-order valence-electron chi connectivity index (χ4n) is 2.89.